The number of aromatic nitrogens is 2. The zero-order chi connectivity index (χ0) is 19.1. The van der Waals surface area contributed by atoms with Gasteiger partial charge in [0.15, 0.2) is 0 Å². The molecule has 1 atom stereocenters. The summed E-state index contributed by atoms with van der Waals surface area (Å²) in [7, 11) is 0. The lowest BCUT2D eigenvalue weighted by Gasteiger charge is -2.34. The van der Waals surface area contributed by atoms with Crippen LogP contribution in [0.1, 0.15) is 36.5 Å². The standard InChI is InChI=1S/C18H19N5O4/c1-11-16-15(19-12(2)20-17(16)21-8-3-9-21)10-22(11)18(24)27-14-6-4-13(5-7-14)23(25)26/h4-7,11H,3,8-10H2,1-2H3. The third-order valence-electron chi connectivity index (χ3n) is 4.96. The molecule has 1 aromatic heterocycles. The summed E-state index contributed by atoms with van der Waals surface area (Å²) in [6.07, 6.45) is 0.625. The van der Waals surface area contributed by atoms with E-state index in [1.54, 1.807) is 4.90 Å². The van der Waals surface area contributed by atoms with Crippen molar-refractivity contribution < 1.29 is 14.5 Å². The molecule has 4 rings (SSSR count). The molecule has 0 N–H and O–H groups in total. The van der Waals surface area contributed by atoms with E-state index >= 15 is 0 Å². The normalized spacial score (nSPS) is 18.1. The van der Waals surface area contributed by atoms with Gasteiger partial charge in [0.1, 0.15) is 17.4 Å². The topological polar surface area (TPSA) is 102 Å². The molecule has 1 amide bonds. The van der Waals surface area contributed by atoms with Gasteiger partial charge >= 0.3 is 6.09 Å². The summed E-state index contributed by atoms with van der Waals surface area (Å²) in [4.78, 5) is 35.8. The second-order valence-corrected chi connectivity index (χ2v) is 6.72. The Bertz CT molecular complexity index is 911. The number of benzene rings is 1. The van der Waals surface area contributed by atoms with Crippen LogP contribution in [0.25, 0.3) is 0 Å². The van der Waals surface area contributed by atoms with Crippen LogP contribution in [0.4, 0.5) is 16.3 Å². The summed E-state index contributed by atoms with van der Waals surface area (Å²) in [5, 5.41) is 10.7. The predicted octanol–water partition coefficient (Wildman–Crippen LogP) is 2.98. The third-order valence-corrected chi connectivity index (χ3v) is 4.96. The van der Waals surface area contributed by atoms with E-state index in [4.69, 9.17) is 4.74 Å². The van der Waals surface area contributed by atoms with Crippen LogP contribution in [-0.4, -0.2) is 39.0 Å². The lowest BCUT2D eigenvalue weighted by Crippen LogP contribution is -2.39. The molecule has 1 saturated heterocycles. The van der Waals surface area contributed by atoms with Gasteiger partial charge in [0.05, 0.1) is 23.2 Å². The summed E-state index contributed by atoms with van der Waals surface area (Å²) in [6, 6.07) is 5.24. The van der Waals surface area contributed by atoms with Crippen LogP contribution in [0.2, 0.25) is 0 Å². The number of hydrogen-bond donors (Lipinski definition) is 0. The first kappa shape index (κ1) is 17.2. The molecule has 0 spiro atoms. The molecule has 2 aliphatic heterocycles. The van der Waals surface area contributed by atoms with Gasteiger partial charge in [0, 0.05) is 30.8 Å². The van der Waals surface area contributed by atoms with E-state index in [2.05, 4.69) is 14.9 Å². The molecular formula is C18H19N5O4. The summed E-state index contributed by atoms with van der Waals surface area (Å²) in [5.74, 6) is 1.86. The van der Waals surface area contributed by atoms with Gasteiger partial charge in [-0.05, 0) is 32.4 Å². The highest BCUT2D eigenvalue weighted by molar-refractivity contribution is 5.73. The van der Waals surface area contributed by atoms with E-state index in [1.165, 1.54) is 24.3 Å². The molecule has 1 unspecified atom stereocenters. The Balaban J connectivity index is 1.54. The number of carbonyl (C=O) groups is 1. The largest absolute Gasteiger partial charge is 0.416 e. The van der Waals surface area contributed by atoms with Gasteiger partial charge in [0.25, 0.3) is 5.69 Å². The number of carbonyl (C=O) groups excluding carboxylic acids is 1. The minimum atomic E-state index is -0.512. The zero-order valence-corrected chi connectivity index (χ0v) is 15.1. The minimum Gasteiger partial charge on any atom is -0.410 e. The highest BCUT2D eigenvalue weighted by Crippen LogP contribution is 2.39. The van der Waals surface area contributed by atoms with Crippen molar-refractivity contribution in [3.8, 4) is 5.75 Å². The van der Waals surface area contributed by atoms with Crippen LogP contribution in [0.3, 0.4) is 0 Å². The quantitative estimate of drug-likeness (QED) is 0.605. The first-order chi connectivity index (χ1) is 12.9. The number of non-ortho nitro benzene ring substituents is 1. The van der Waals surface area contributed by atoms with E-state index in [-0.39, 0.29) is 17.5 Å². The van der Waals surface area contributed by atoms with Crippen molar-refractivity contribution in [2.75, 3.05) is 18.0 Å². The number of fused-ring (bicyclic) bond motifs is 1. The Morgan fingerprint density at radius 1 is 1.26 bits per heavy atom. The van der Waals surface area contributed by atoms with Crippen molar-refractivity contribution in [1.29, 1.82) is 0 Å². The van der Waals surface area contributed by atoms with Crippen molar-refractivity contribution in [3.63, 3.8) is 0 Å². The highest BCUT2D eigenvalue weighted by atomic mass is 16.6. The minimum absolute atomic E-state index is 0.0540. The molecule has 3 heterocycles. The number of nitro groups is 1. The smallest absolute Gasteiger partial charge is 0.410 e. The highest BCUT2D eigenvalue weighted by Gasteiger charge is 2.37. The van der Waals surface area contributed by atoms with Crippen LogP contribution in [0.5, 0.6) is 5.75 Å². The first-order valence-corrected chi connectivity index (χ1v) is 8.79. The lowest BCUT2D eigenvalue weighted by molar-refractivity contribution is -0.384. The maximum absolute atomic E-state index is 12.7. The first-order valence-electron chi connectivity index (χ1n) is 8.79. The van der Waals surface area contributed by atoms with Crippen LogP contribution in [0, 0.1) is 17.0 Å². The molecule has 0 bridgehead atoms. The van der Waals surface area contributed by atoms with E-state index < -0.39 is 11.0 Å². The number of nitrogens with zero attached hydrogens (tertiary/aromatic N) is 5. The van der Waals surface area contributed by atoms with E-state index in [0.29, 0.717) is 12.4 Å². The molecule has 9 heteroatoms. The molecule has 2 aromatic rings. The lowest BCUT2D eigenvalue weighted by atomic mass is 10.1. The molecule has 1 fully saturated rings. The third kappa shape index (κ3) is 3.05. The van der Waals surface area contributed by atoms with Crippen molar-refractivity contribution in [3.05, 3.63) is 51.5 Å². The molecule has 140 valence electrons. The number of ether oxygens (including phenoxy) is 1. The average molecular weight is 369 g/mol. The Morgan fingerprint density at radius 3 is 2.56 bits per heavy atom. The van der Waals surface area contributed by atoms with Crippen LogP contribution in [-0.2, 0) is 6.54 Å². The van der Waals surface area contributed by atoms with E-state index in [0.717, 1.165) is 36.6 Å². The molecule has 0 aliphatic carbocycles. The predicted molar refractivity (Wildman–Crippen MR) is 96.7 cm³/mol. The number of nitro benzene ring substituents is 1. The van der Waals surface area contributed by atoms with Crippen molar-refractivity contribution in [1.82, 2.24) is 14.9 Å². The Morgan fingerprint density at radius 2 is 1.96 bits per heavy atom. The molecule has 27 heavy (non-hydrogen) atoms. The van der Waals surface area contributed by atoms with Crippen LogP contribution < -0.4 is 9.64 Å². The second kappa shape index (κ2) is 6.49. The Kier molecular flexibility index (Phi) is 4.14. The summed E-state index contributed by atoms with van der Waals surface area (Å²) >= 11 is 0. The fourth-order valence-electron chi connectivity index (χ4n) is 3.41. The summed E-state index contributed by atoms with van der Waals surface area (Å²) < 4.78 is 5.41. The van der Waals surface area contributed by atoms with Crippen molar-refractivity contribution in [2.45, 2.75) is 32.9 Å². The molecule has 1 aromatic carbocycles. The molecular weight excluding hydrogens is 350 g/mol. The number of aryl methyl sites for hydroxylation is 1. The van der Waals surface area contributed by atoms with Gasteiger partial charge in [-0.15, -0.1) is 0 Å². The molecule has 0 saturated carbocycles. The maximum atomic E-state index is 12.7. The van der Waals surface area contributed by atoms with E-state index in [1.807, 2.05) is 13.8 Å². The van der Waals surface area contributed by atoms with Gasteiger partial charge in [-0.1, -0.05) is 0 Å². The number of anilines is 1. The van der Waals surface area contributed by atoms with E-state index in [9.17, 15) is 14.9 Å². The Hall–Kier alpha value is -3.23. The number of hydrogen-bond acceptors (Lipinski definition) is 7. The SMILES string of the molecule is Cc1nc2c(c(N3CCC3)n1)C(C)N(C(=O)Oc1ccc([N+](=O)[O-])cc1)C2. The van der Waals surface area contributed by atoms with Crippen molar-refractivity contribution >= 4 is 17.6 Å². The zero-order valence-electron chi connectivity index (χ0n) is 15.1. The average Bonchev–Trinajstić information content (AvgIpc) is 2.90. The fourth-order valence-corrected chi connectivity index (χ4v) is 3.41. The maximum Gasteiger partial charge on any atom is 0.416 e. The second-order valence-electron chi connectivity index (χ2n) is 6.72. The van der Waals surface area contributed by atoms with Gasteiger partial charge < -0.3 is 9.64 Å². The molecule has 0 radical (unpaired) electrons. The van der Waals surface area contributed by atoms with Crippen LogP contribution in [0.15, 0.2) is 24.3 Å². The summed E-state index contributed by atoms with van der Waals surface area (Å²) in [6.45, 7) is 6.06. The number of amides is 1. The van der Waals surface area contributed by atoms with Gasteiger partial charge in [-0.25, -0.2) is 14.8 Å². The monoisotopic (exact) mass is 369 g/mol. The van der Waals surface area contributed by atoms with Crippen LogP contribution >= 0.6 is 0 Å². The summed E-state index contributed by atoms with van der Waals surface area (Å²) in [5.41, 5.74) is 1.76. The number of rotatable bonds is 3. The van der Waals surface area contributed by atoms with Crippen molar-refractivity contribution in [2.24, 2.45) is 0 Å². The molecule has 2 aliphatic rings. The fraction of sp³-hybridized carbons (Fsp3) is 0.389. The van der Waals surface area contributed by atoms with Gasteiger partial charge in [-0.2, -0.15) is 0 Å². The molecule has 9 nitrogen and oxygen atoms in total. The van der Waals surface area contributed by atoms with Gasteiger partial charge in [-0.3, -0.25) is 15.0 Å². The van der Waals surface area contributed by atoms with Gasteiger partial charge in [0.2, 0.25) is 0 Å². The Labute approximate surface area is 155 Å².